The van der Waals surface area contributed by atoms with Gasteiger partial charge in [0.1, 0.15) is 11.5 Å². The Hall–Kier alpha value is -2.57. The van der Waals surface area contributed by atoms with Crippen LogP contribution in [0.5, 0.6) is 11.5 Å². The molecule has 358 valence electrons. The molecule has 0 unspecified atom stereocenters. The van der Waals surface area contributed by atoms with Crippen LogP contribution in [-0.4, -0.2) is 26.4 Å². The van der Waals surface area contributed by atoms with Gasteiger partial charge in [0.2, 0.25) is 0 Å². The Kier molecular flexibility index (Phi) is 25.9. The minimum atomic E-state index is -2.19. The molecule has 4 rings (SSSR count). The molecule has 2 N–H and O–H groups in total. The largest absolute Gasteiger partial charge is 0.507 e. The van der Waals surface area contributed by atoms with Gasteiger partial charge in [0.25, 0.3) is 0 Å². The second kappa shape index (κ2) is 30.7. The van der Waals surface area contributed by atoms with Gasteiger partial charge in [0.15, 0.2) is 0 Å². The molecule has 0 fully saturated rings. The quantitative estimate of drug-likeness (QED) is 0.0350. The molecule has 0 aliphatic rings. The number of phenolic OH excluding ortho intramolecular Hbond substituents is 2. The topological polar surface area (TPSA) is 40.5 Å². The maximum Gasteiger partial charge on any atom is 0.123 e. The van der Waals surface area contributed by atoms with Crippen LogP contribution in [0, 0.1) is 0 Å². The maximum absolute atomic E-state index is 13.5. The molecule has 0 aliphatic heterocycles. The number of hydrogen-bond acceptors (Lipinski definition) is 2. The van der Waals surface area contributed by atoms with Gasteiger partial charge < -0.3 is 10.2 Å². The average molecular weight is 908 g/mol. The summed E-state index contributed by atoms with van der Waals surface area (Å²) in [5, 5.41) is 34.1. The van der Waals surface area contributed by atoms with Gasteiger partial charge in [-0.25, -0.2) is 0 Å². The second-order valence-corrected chi connectivity index (χ2v) is 29.8. The Balaban J connectivity index is 1.99. The lowest BCUT2D eigenvalue weighted by Gasteiger charge is -2.36. The summed E-state index contributed by atoms with van der Waals surface area (Å²) in [6.45, 7) is 14.0. The van der Waals surface area contributed by atoms with Crippen molar-refractivity contribution in [2.45, 2.75) is 258 Å². The molecule has 0 radical (unpaired) electrons. The van der Waals surface area contributed by atoms with Crippen LogP contribution in [0.15, 0.2) is 60.7 Å². The van der Waals surface area contributed by atoms with Gasteiger partial charge in [-0.05, 0) is 31.9 Å². The predicted molar refractivity (Wildman–Crippen MR) is 293 cm³/mol. The van der Waals surface area contributed by atoms with Crippen LogP contribution >= 0.6 is 0 Å². The third kappa shape index (κ3) is 15.8. The van der Waals surface area contributed by atoms with E-state index in [-0.39, 0.29) is 0 Å². The second-order valence-electron chi connectivity index (χ2n) is 20.6. The molecule has 0 atom stereocenters. The van der Waals surface area contributed by atoms with Gasteiger partial charge in [-0.3, -0.25) is 0 Å². The van der Waals surface area contributed by atoms with E-state index in [1.807, 2.05) is 0 Å². The monoisotopic (exact) mass is 907 g/mol. The molecule has 4 aromatic carbocycles. The number of fused-ring (bicyclic) bond motifs is 2. The van der Waals surface area contributed by atoms with Crippen molar-refractivity contribution in [2.75, 3.05) is 0 Å². The molecule has 4 aromatic rings. The molecule has 2 nitrogen and oxygen atoms in total. The van der Waals surface area contributed by atoms with Gasteiger partial charge in [0, 0.05) is 11.1 Å². The number of rotatable bonds is 37. The molecule has 0 aromatic heterocycles. The van der Waals surface area contributed by atoms with Crippen LogP contribution in [-0.2, 0) is 0 Å². The van der Waals surface area contributed by atoms with Crippen molar-refractivity contribution in [1.29, 1.82) is 0 Å². The van der Waals surface area contributed by atoms with Crippen LogP contribution in [0.3, 0.4) is 0 Å². The van der Waals surface area contributed by atoms with Crippen LogP contribution in [0.1, 0.15) is 221 Å². The Bertz CT molecular complexity index is 1700. The maximum atomic E-state index is 13.5. The van der Waals surface area contributed by atoms with E-state index in [9.17, 15) is 10.2 Å². The molecule has 4 heteroatoms. The van der Waals surface area contributed by atoms with Gasteiger partial charge in [-0.15, -0.1) is 0 Å². The van der Waals surface area contributed by atoms with Crippen LogP contribution in [0.2, 0.25) is 36.3 Å². The fraction of sp³-hybridized carbons (Fsp3) is 0.667. The summed E-state index contributed by atoms with van der Waals surface area (Å²) >= 11 is 0. The molecule has 0 spiro atoms. The predicted octanol–water partition coefficient (Wildman–Crippen LogP) is 19.4. The average Bonchev–Trinajstić information content (AvgIpc) is 3.31. The highest BCUT2D eigenvalue weighted by Crippen LogP contribution is 2.47. The fourth-order valence-electron chi connectivity index (χ4n) is 11.6. The molecule has 0 amide bonds. The molecule has 0 saturated carbocycles. The van der Waals surface area contributed by atoms with Crippen molar-refractivity contribution >= 4 is 48.1 Å². The minimum absolute atomic E-state index is 0.503. The Morgan fingerprint density at radius 3 is 0.859 bits per heavy atom. The summed E-state index contributed by atoms with van der Waals surface area (Å²) < 4.78 is 0. The summed E-state index contributed by atoms with van der Waals surface area (Å²) in [5.41, 5.74) is 1.83. The van der Waals surface area contributed by atoms with Crippen molar-refractivity contribution < 1.29 is 10.2 Å². The number of unbranched alkanes of at least 4 members (excludes halogenated alkanes) is 22. The molecule has 0 bridgehead atoms. The lowest BCUT2D eigenvalue weighted by molar-refractivity contribution is 0.473. The van der Waals surface area contributed by atoms with Gasteiger partial charge in [-0.1, -0.05) is 318 Å². The Labute approximate surface area is 397 Å². The van der Waals surface area contributed by atoms with Crippen LogP contribution < -0.4 is 10.4 Å². The van der Waals surface area contributed by atoms with Crippen LogP contribution in [0.4, 0.5) is 0 Å². The lowest BCUT2D eigenvalue weighted by Crippen LogP contribution is -2.48. The van der Waals surface area contributed by atoms with E-state index >= 15 is 0 Å². The number of aromatic hydroxyl groups is 2. The molecule has 0 heterocycles. The molecule has 64 heavy (non-hydrogen) atoms. The van der Waals surface area contributed by atoms with E-state index in [0.29, 0.717) is 11.5 Å². The molecular weight excluding hydrogens is 809 g/mol. The van der Waals surface area contributed by atoms with Gasteiger partial charge >= 0.3 is 0 Å². The van der Waals surface area contributed by atoms with E-state index < -0.39 is 16.1 Å². The van der Waals surface area contributed by atoms with E-state index in [1.54, 1.807) is 0 Å². The van der Waals surface area contributed by atoms with Gasteiger partial charge in [0.05, 0.1) is 16.1 Å². The summed E-state index contributed by atoms with van der Waals surface area (Å²) in [4.78, 5) is 0. The van der Waals surface area contributed by atoms with Gasteiger partial charge in [-0.2, -0.15) is 0 Å². The van der Waals surface area contributed by atoms with Crippen LogP contribution in [0.25, 0.3) is 32.7 Å². The van der Waals surface area contributed by atoms with Crippen molar-refractivity contribution in [3.8, 4) is 22.6 Å². The number of hydrogen-bond donors (Lipinski definition) is 2. The van der Waals surface area contributed by atoms with Crippen molar-refractivity contribution in [2.24, 2.45) is 0 Å². The number of phenols is 2. The summed E-state index contributed by atoms with van der Waals surface area (Å²) in [6, 6.07) is 30.2. The first-order valence-corrected chi connectivity index (χ1v) is 33.1. The van der Waals surface area contributed by atoms with Crippen molar-refractivity contribution in [1.82, 2.24) is 0 Å². The van der Waals surface area contributed by atoms with Crippen molar-refractivity contribution in [3.05, 3.63) is 60.7 Å². The van der Waals surface area contributed by atoms with Crippen molar-refractivity contribution in [3.63, 3.8) is 0 Å². The lowest BCUT2D eigenvalue weighted by atomic mass is 9.92. The Morgan fingerprint density at radius 2 is 0.562 bits per heavy atom. The van der Waals surface area contributed by atoms with E-state index in [4.69, 9.17) is 0 Å². The van der Waals surface area contributed by atoms with E-state index in [1.165, 1.54) is 237 Å². The third-order valence-electron chi connectivity index (χ3n) is 15.5. The summed E-state index contributed by atoms with van der Waals surface area (Å²) in [6.07, 6.45) is 36.2. The third-order valence-corrected chi connectivity index (χ3v) is 26.4. The first kappa shape index (κ1) is 54.0. The summed E-state index contributed by atoms with van der Waals surface area (Å²) in [7, 11) is -4.39. The standard InChI is InChI=1S/C60H98O2Si2/c1-7-13-19-23-27-35-45-63(43-17-11-5,46-36-28-24-20-14-8-2)55-49-51-39-31-33-41-53(51)57(59(55)61)58-54-42-34-32-40-52(54)50-56(60(58)62)64(44-18-12-6,47-37-29-25-21-15-9-3)48-38-30-26-22-16-10-4/h31-34,39-42,49-50,61-62H,7-30,35-38,43-48H2,1-6H3. The number of benzene rings is 4. The molecular formula is C60H98O2Si2. The molecule has 0 saturated heterocycles. The first-order chi connectivity index (χ1) is 31.4. The zero-order chi connectivity index (χ0) is 45.9. The highest BCUT2D eigenvalue weighted by atomic mass is 28.3. The van der Waals surface area contributed by atoms with E-state index in [0.717, 1.165) is 21.9 Å². The summed E-state index contributed by atoms with van der Waals surface area (Å²) in [5.74, 6) is 1.01. The fourth-order valence-corrected chi connectivity index (χ4v) is 22.6. The Morgan fingerprint density at radius 1 is 0.312 bits per heavy atom. The minimum Gasteiger partial charge on any atom is -0.507 e. The highest BCUT2D eigenvalue weighted by Gasteiger charge is 2.40. The zero-order valence-electron chi connectivity index (χ0n) is 42.7. The SMILES string of the molecule is CCCCCCCC[Si](CCCC)(CCCCCCCC)c1cc2ccccc2c(-c2c(O)c([Si](CCCC)(CCCCCCCC)CCCCCCCC)cc3ccccc23)c1O. The smallest absolute Gasteiger partial charge is 0.123 e. The first-order valence-electron chi connectivity index (χ1n) is 27.9. The highest BCUT2D eigenvalue weighted by molar-refractivity contribution is 6.93. The molecule has 0 aliphatic carbocycles. The van der Waals surface area contributed by atoms with E-state index in [2.05, 4.69) is 102 Å². The zero-order valence-corrected chi connectivity index (χ0v) is 44.7. The normalized spacial score (nSPS) is 12.3.